The third-order valence-corrected chi connectivity index (χ3v) is 7.19. The molecule has 180 valence electrons. The topological polar surface area (TPSA) is 84.9 Å². The number of nitrogens with one attached hydrogen (secondary N) is 1. The van der Waals surface area contributed by atoms with E-state index >= 15 is 0 Å². The van der Waals surface area contributed by atoms with Crippen molar-refractivity contribution in [2.24, 2.45) is 5.41 Å². The van der Waals surface area contributed by atoms with Gasteiger partial charge in [-0.2, -0.15) is 0 Å². The molecule has 0 radical (unpaired) electrons. The van der Waals surface area contributed by atoms with E-state index in [4.69, 9.17) is 21.1 Å². The van der Waals surface area contributed by atoms with Gasteiger partial charge in [0.05, 0.1) is 24.2 Å². The van der Waals surface area contributed by atoms with Crippen molar-refractivity contribution in [2.45, 2.75) is 57.6 Å². The average molecular weight is 495 g/mol. The van der Waals surface area contributed by atoms with E-state index in [1.807, 2.05) is 13.8 Å². The highest BCUT2D eigenvalue weighted by molar-refractivity contribution is 7.92. The van der Waals surface area contributed by atoms with E-state index in [-0.39, 0.29) is 34.2 Å². The van der Waals surface area contributed by atoms with Crippen LogP contribution in [-0.4, -0.2) is 39.6 Å². The van der Waals surface area contributed by atoms with Crippen molar-refractivity contribution in [1.29, 1.82) is 0 Å². The summed E-state index contributed by atoms with van der Waals surface area (Å²) in [6, 6.07) is 10.8. The fraction of sp³-hybridized carbons (Fsp3) is 0.458. The summed E-state index contributed by atoms with van der Waals surface area (Å²) in [7, 11) is -2.49. The van der Waals surface area contributed by atoms with Gasteiger partial charge in [0, 0.05) is 10.6 Å². The highest BCUT2D eigenvalue weighted by atomic mass is 35.5. The lowest BCUT2D eigenvalue weighted by molar-refractivity contribution is -0.129. The molecule has 1 aliphatic rings. The van der Waals surface area contributed by atoms with Crippen LogP contribution in [-0.2, 0) is 14.8 Å². The third kappa shape index (κ3) is 5.92. The number of amides is 1. The van der Waals surface area contributed by atoms with Crippen molar-refractivity contribution >= 4 is 33.2 Å². The van der Waals surface area contributed by atoms with Crippen LogP contribution in [0.5, 0.6) is 11.5 Å². The second-order valence-electron chi connectivity index (χ2n) is 10.0. The number of carbonyl (C=O) groups is 1. The Morgan fingerprint density at radius 3 is 2.36 bits per heavy atom. The molecule has 0 saturated heterocycles. The minimum Gasteiger partial charge on any atom is -0.497 e. The lowest BCUT2D eigenvalue weighted by Crippen LogP contribution is -2.55. The van der Waals surface area contributed by atoms with E-state index < -0.39 is 21.7 Å². The van der Waals surface area contributed by atoms with Crippen LogP contribution in [0.4, 0.5) is 5.69 Å². The van der Waals surface area contributed by atoms with Gasteiger partial charge in [-0.3, -0.25) is 9.10 Å². The fourth-order valence-corrected chi connectivity index (χ4v) is 5.88. The van der Waals surface area contributed by atoms with Crippen LogP contribution >= 0.6 is 11.6 Å². The van der Waals surface area contributed by atoms with Crippen LogP contribution < -0.4 is 19.1 Å². The molecular weight excluding hydrogens is 464 g/mol. The minimum atomic E-state index is -4.00. The summed E-state index contributed by atoms with van der Waals surface area (Å²) in [4.78, 5) is 13.2. The van der Waals surface area contributed by atoms with Crippen LogP contribution in [0.1, 0.15) is 41.0 Å². The number of hydrogen-bond acceptors (Lipinski definition) is 5. The molecule has 0 saturated carbocycles. The van der Waals surface area contributed by atoms with Gasteiger partial charge < -0.3 is 14.8 Å². The van der Waals surface area contributed by atoms with E-state index in [0.29, 0.717) is 10.8 Å². The van der Waals surface area contributed by atoms with Gasteiger partial charge in [-0.25, -0.2) is 8.42 Å². The number of sulfonamides is 1. The number of rotatable bonds is 6. The van der Waals surface area contributed by atoms with Gasteiger partial charge in [-0.05, 0) is 68.1 Å². The highest BCUT2D eigenvalue weighted by Gasteiger charge is 2.39. The van der Waals surface area contributed by atoms with Crippen LogP contribution in [0.3, 0.4) is 0 Å². The molecule has 2 aromatic carbocycles. The zero-order chi connectivity index (χ0) is 24.6. The summed E-state index contributed by atoms with van der Waals surface area (Å²) >= 11 is 6.15. The molecule has 1 heterocycles. The summed E-state index contributed by atoms with van der Waals surface area (Å²) in [5.41, 5.74) is -0.216. The normalized spacial score (nSPS) is 16.6. The van der Waals surface area contributed by atoms with Gasteiger partial charge in [-0.1, -0.05) is 32.4 Å². The van der Waals surface area contributed by atoms with Crippen molar-refractivity contribution in [3.05, 3.63) is 47.5 Å². The molecule has 0 aliphatic carbocycles. The van der Waals surface area contributed by atoms with Crippen molar-refractivity contribution in [3.63, 3.8) is 0 Å². The lowest BCUT2D eigenvalue weighted by Gasteiger charge is -2.38. The van der Waals surface area contributed by atoms with Gasteiger partial charge in [0.15, 0.2) is 6.10 Å². The Kier molecular flexibility index (Phi) is 6.92. The fourth-order valence-electron chi connectivity index (χ4n) is 4.25. The summed E-state index contributed by atoms with van der Waals surface area (Å²) in [5, 5.41) is 3.39. The Morgan fingerprint density at radius 1 is 1.15 bits per heavy atom. The van der Waals surface area contributed by atoms with Crippen molar-refractivity contribution < 1.29 is 22.7 Å². The number of hydrogen-bond donors (Lipinski definition) is 1. The summed E-state index contributed by atoms with van der Waals surface area (Å²) in [5.74, 6) is 0.439. The van der Waals surface area contributed by atoms with Gasteiger partial charge in [-0.15, -0.1) is 0 Å². The molecule has 7 nitrogen and oxygen atoms in total. The van der Waals surface area contributed by atoms with E-state index in [2.05, 4.69) is 26.1 Å². The molecule has 0 spiro atoms. The van der Waals surface area contributed by atoms with Gasteiger partial charge in [0.25, 0.3) is 15.9 Å². The molecule has 33 heavy (non-hydrogen) atoms. The Hall–Kier alpha value is -2.45. The maximum Gasteiger partial charge on any atom is 0.264 e. The summed E-state index contributed by atoms with van der Waals surface area (Å²) in [6.07, 6.45) is -0.288. The van der Waals surface area contributed by atoms with Crippen molar-refractivity contribution in [2.75, 3.05) is 18.0 Å². The smallest absolute Gasteiger partial charge is 0.264 e. The number of benzene rings is 2. The molecular formula is C24H31ClN2O5S. The van der Waals surface area contributed by atoms with Crippen LogP contribution in [0.25, 0.3) is 0 Å². The van der Waals surface area contributed by atoms with Crippen molar-refractivity contribution in [3.8, 4) is 11.5 Å². The first-order valence-corrected chi connectivity index (χ1v) is 12.5. The van der Waals surface area contributed by atoms with Crippen LogP contribution in [0, 0.1) is 5.41 Å². The van der Waals surface area contributed by atoms with Crippen LogP contribution in [0.15, 0.2) is 47.4 Å². The SMILES string of the molecule is COc1ccc(S(=O)(=O)N2C[C@@H](C(=O)NC(C)(C)CC(C)(C)C)Oc3ccc(Cl)cc32)cc1. The Labute approximate surface area is 201 Å². The highest BCUT2D eigenvalue weighted by Crippen LogP contribution is 2.39. The third-order valence-electron chi connectivity index (χ3n) is 5.16. The molecule has 0 unspecified atom stereocenters. The number of nitrogens with zero attached hydrogens (tertiary/aromatic N) is 1. The second kappa shape index (κ2) is 9.06. The predicted molar refractivity (Wildman–Crippen MR) is 130 cm³/mol. The number of ether oxygens (including phenoxy) is 2. The second-order valence-corrected chi connectivity index (χ2v) is 12.3. The molecule has 0 aromatic heterocycles. The van der Waals surface area contributed by atoms with Gasteiger partial charge >= 0.3 is 0 Å². The number of methoxy groups -OCH3 is 1. The summed E-state index contributed by atoms with van der Waals surface area (Å²) < 4.78 is 39.4. The number of carbonyl (C=O) groups excluding carboxylic acids is 1. The first kappa shape index (κ1) is 25.2. The average Bonchev–Trinajstić information content (AvgIpc) is 2.70. The monoisotopic (exact) mass is 494 g/mol. The quantitative estimate of drug-likeness (QED) is 0.632. The molecule has 1 amide bonds. The largest absolute Gasteiger partial charge is 0.497 e. The first-order chi connectivity index (χ1) is 15.2. The Bertz CT molecular complexity index is 1120. The molecule has 9 heteroatoms. The number of halogens is 1. The summed E-state index contributed by atoms with van der Waals surface area (Å²) in [6.45, 7) is 10.00. The number of fused-ring (bicyclic) bond motifs is 1. The maximum absolute atomic E-state index is 13.6. The molecule has 1 atom stereocenters. The first-order valence-electron chi connectivity index (χ1n) is 10.7. The Morgan fingerprint density at radius 2 is 1.79 bits per heavy atom. The van der Waals surface area contributed by atoms with E-state index in [0.717, 1.165) is 6.42 Å². The van der Waals surface area contributed by atoms with E-state index in [1.54, 1.807) is 24.3 Å². The van der Waals surface area contributed by atoms with E-state index in [1.165, 1.54) is 29.6 Å². The molecule has 3 rings (SSSR count). The zero-order valence-corrected chi connectivity index (χ0v) is 21.4. The minimum absolute atomic E-state index is 0.00269. The predicted octanol–water partition coefficient (Wildman–Crippen LogP) is 4.64. The molecule has 1 N–H and O–H groups in total. The standard InChI is InChI=1S/C24H31ClN2O5S/c1-23(2,3)15-24(4,5)26-22(28)21-14-27(19-13-16(25)7-12-20(19)32-21)33(29,30)18-10-8-17(31-6)9-11-18/h7-13,21H,14-15H2,1-6H3,(H,26,28)/t21-/m0/s1. The van der Waals surface area contributed by atoms with Crippen molar-refractivity contribution in [1.82, 2.24) is 5.32 Å². The number of anilines is 1. The molecule has 1 aliphatic heterocycles. The van der Waals surface area contributed by atoms with Gasteiger partial charge in [0.1, 0.15) is 11.5 Å². The molecule has 0 fully saturated rings. The lowest BCUT2D eigenvalue weighted by atomic mass is 9.81. The van der Waals surface area contributed by atoms with Crippen LogP contribution in [0.2, 0.25) is 5.02 Å². The van der Waals surface area contributed by atoms with Gasteiger partial charge in [0.2, 0.25) is 0 Å². The Balaban J connectivity index is 1.95. The molecule has 2 aromatic rings. The van der Waals surface area contributed by atoms with E-state index in [9.17, 15) is 13.2 Å². The zero-order valence-electron chi connectivity index (χ0n) is 19.8. The molecule has 0 bridgehead atoms. The maximum atomic E-state index is 13.6.